The number of piperidine rings is 1. The zero-order chi connectivity index (χ0) is 23.4. The Balaban J connectivity index is 1.39. The van der Waals surface area contributed by atoms with Crippen LogP contribution in [0.3, 0.4) is 0 Å². The molecule has 4 rings (SSSR count). The molecule has 1 amide bonds. The summed E-state index contributed by atoms with van der Waals surface area (Å²) in [4.78, 5) is 32.3. The van der Waals surface area contributed by atoms with Crippen molar-refractivity contribution in [3.63, 3.8) is 0 Å². The van der Waals surface area contributed by atoms with Crippen LogP contribution in [-0.2, 0) is 6.54 Å². The summed E-state index contributed by atoms with van der Waals surface area (Å²) in [7, 11) is 3.20. The van der Waals surface area contributed by atoms with E-state index < -0.39 is 4.92 Å². The number of benzene rings is 2. The summed E-state index contributed by atoms with van der Waals surface area (Å²) in [5.74, 6) is 0.178. The van der Waals surface area contributed by atoms with Crippen LogP contribution in [0.5, 0.6) is 5.75 Å². The topological polar surface area (TPSA) is 93.7 Å². The fourth-order valence-electron chi connectivity index (χ4n) is 4.21. The van der Waals surface area contributed by atoms with Crippen LogP contribution >= 0.6 is 0 Å². The van der Waals surface area contributed by atoms with Crippen LogP contribution in [0.4, 0.5) is 10.5 Å². The highest BCUT2D eigenvalue weighted by Crippen LogP contribution is 2.31. The number of nitro groups is 1. The molecule has 0 bridgehead atoms. The molecule has 33 heavy (non-hydrogen) atoms. The fourth-order valence-corrected chi connectivity index (χ4v) is 4.21. The lowest BCUT2D eigenvalue weighted by Gasteiger charge is -2.36. The molecule has 0 radical (unpaired) electrons. The lowest BCUT2D eigenvalue weighted by Crippen LogP contribution is -2.46. The van der Waals surface area contributed by atoms with Crippen molar-refractivity contribution in [1.82, 2.24) is 19.4 Å². The van der Waals surface area contributed by atoms with Crippen molar-refractivity contribution in [2.24, 2.45) is 0 Å². The van der Waals surface area contributed by atoms with Crippen LogP contribution in [0.25, 0.3) is 11.3 Å². The summed E-state index contributed by atoms with van der Waals surface area (Å²) >= 11 is 0. The maximum absolute atomic E-state index is 13.0. The molecule has 9 heteroatoms. The average Bonchev–Trinajstić information content (AvgIpc) is 3.34. The van der Waals surface area contributed by atoms with Crippen molar-refractivity contribution in [3.8, 4) is 17.0 Å². The van der Waals surface area contributed by atoms with E-state index in [0.717, 1.165) is 32.5 Å². The standard InChI is InChI=1S/C24H27N5O4/c1-26(20-10-12-27(13-11-20)15-18-6-4-3-5-7-18)24(30)28-16-21(25-17-28)19-8-9-23(33-2)22(14-19)29(31)32/h3-9,14,16-17,20H,10-13,15H2,1-2H3. The summed E-state index contributed by atoms with van der Waals surface area (Å²) in [6.07, 6.45) is 4.87. The minimum Gasteiger partial charge on any atom is -0.490 e. The van der Waals surface area contributed by atoms with Crippen molar-refractivity contribution >= 4 is 11.7 Å². The molecule has 9 nitrogen and oxygen atoms in total. The third-order valence-corrected chi connectivity index (χ3v) is 6.13. The molecule has 1 aliphatic heterocycles. The lowest BCUT2D eigenvalue weighted by molar-refractivity contribution is -0.385. The van der Waals surface area contributed by atoms with E-state index in [9.17, 15) is 14.9 Å². The number of nitrogens with zero attached hydrogens (tertiary/aromatic N) is 5. The average molecular weight is 450 g/mol. The molecule has 0 atom stereocenters. The summed E-state index contributed by atoms with van der Waals surface area (Å²) in [6.45, 7) is 2.79. The van der Waals surface area contributed by atoms with Crippen molar-refractivity contribution in [1.29, 1.82) is 0 Å². The van der Waals surface area contributed by atoms with E-state index in [1.807, 2.05) is 13.1 Å². The first kappa shape index (κ1) is 22.5. The Morgan fingerprint density at radius 1 is 1.21 bits per heavy atom. The monoisotopic (exact) mass is 449 g/mol. The van der Waals surface area contributed by atoms with Crippen LogP contribution < -0.4 is 4.74 Å². The smallest absolute Gasteiger partial charge is 0.329 e. The molecule has 1 fully saturated rings. The molecule has 172 valence electrons. The number of hydrogen-bond acceptors (Lipinski definition) is 6. The molecule has 0 spiro atoms. The Kier molecular flexibility index (Phi) is 6.69. The number of hydrogen-bond donors (Lipinski definition) is 0. The molecule has 1 aliphatic rings. The Morgan fingerprint density at radius 3 is 2.61 bits per heavy atom. The molecule has 0 saturated carbocycles. The number of carbonyl (C=O) groups excluding carboxylic acids is 1. The van der Waals surface area contributed by atoms with Gasteiger partial charge in [0.2, 0.25) is 0 Å². The summed E-state index contributed by atoms with van der Waals surface area (Å²) in [6, 6.07) is 15.0. The molecule has 1 aromatic heterocycles. The summed E-state index contributed by atoms with van der Waals surface area (Å²) in [5.41, 5.74) is 2.19. The molecular formula is C24H27N5O4. The van der Waals surface area contributed by atoms with Gasteiger partial charge >= 0.3 is 11.7 Å². The van der Waals surface area contributed by atoms with E-state index in [1.54, 1.807) is 17.2 Å². The first-order valence-corrected chi connectivity index (χ1v) is 10.9. The number of rotatable bonds is 6. The Hall–Kier alpha value is -3.72. The van der Waals surface area contributed by atoms with E-state index in [1.165, 1.54) is 35.7 Å². The highest BCUT2D eigenvalue weighted by Gasteiger charge is 2.26. The van der Waals surface area contributed by atoms with Gasteiger partial charge < -0.3 is 9.64 Å². The van der Waals surface area contributed by atoms with Crippen molar-refractivity contribution < 1.29 is 14.5 Å². The predicted molar refractivity (Wildman–Crippen MR) is 124 cm³/mol. The number of carbonyl (C=O) groups is 1. The van der Waals surface area contributed by atoms with Crippen LogP contribution in [0.15, 0.2) is 61.1 Å². The Labute approximate surface area is 192 Å². The third kappa shape index (κ3) is 5.04. The van der Waals surface area contributed by atoms with Gasteiger partial charge in [-0.1, -0.05) is 30.3 Å². The number of nitro benzene ring substituents is 1. The molecule has 1 saturated heterocycles. The van der Waals surface area contributed by atoms with Gasteiger partial charge in [0.25, 0.3) is 0 Å². The number of methoxy groups -OCH3 is 1. The van der Waals surface area contributed by atoms with E-state index >= 15 is 0 Å². The van der Waals surface area contributed by atoms with Gasteiger partial charge in [0.1, 0.15) is 6.33 Å². The maximum Gasteiger partial charge on any atom is 0.329 e. The zero-order valence-electron chi connectivity index (χ0n) is 18.8. The molecule has 0 N–H and O–H groups in total. The van der Waals surface area contributed by atoms with Crippen molar-refractivity contribution in [2.75, 3.05) is 27.2 Å². The quantitative estimate of drug-likeness (QED) is 0.417. The third-order valence-electron chi connectivity index (χ3n) is 6.13. The highest BCUT2D eigenvalue weighted by atomic mass is 16.6. The highest BCUT2D eigenvalue weighted by molar-refractivity contribution is 5.78. The van der Waals surface area contributed by atoms with E-state index in [2.05, 4.69) is 34.1 Å². The van der Waals surface area contributed by atoms with Crippen LogP contribution in [-0.4, -0.2) is 63.6 Å². The predicted octanol–water partition coefficient (Wildman–Crippen LogP) is 4.03. The lowest BCUT2D eigenvalue weighted by atomic mass is 10.0. The van der Waals surface area contributed by atoms with Gasteiger partial charge in [-0.3, -0.25) is 19.6 Å². The Morgan fingerprint density at radius 2 is 1.94 bits per heavy atom. The van der Waals surface area contributed by atoms with E-state index in [0.29, 0.717) is 11.3 Å². The maximum atomic E-state index is 13.0. The number of amides is 1. The van der Waals surface area contributed by atoms with Gasteiger partial charge in [-0.2, -0.15) is 0 Å². The largest absolute Gasteiger partial charge is 0.490 e. The summed E-state index contributed by atoms with van der Waals surface area (Å²) in [5, 5.41) is 11.3. The van der Waals surface area contributed by atoms with Gasteiger partial charge in [-0.15, -0.1) is 0 Å². The van der Waals surface area contributed by atoms with Gasteiger partial charge in [0.05, 0.1) is 17.7 Å². The van der Waals surface area contributed by atoms with Crippen LogP contribution in [0.1, 0.15) is 18.4 Å². The van der Waals surface area contributed by atoms with Crippen molar-refractivity contribution in [3.05, 3.63) is 76.7 Å². The van der Waals surface area contributed by atoms with Gasteiger partial charge in [-0.25, -0.2) is 9.78 Å². The Bertz CT molecular complexity index is 1120. The molecule has 3 aromatic rings. The van der Waals surface area contributed by atoms with Gasteiger partial charge in [0, 0.05) is 50.6 Å². The second-order valence-corrected chi connectivity index (χ2v) is 8.20. The number of aromatic nitrogens is 2. The van der Waals surface area contributed by atoms with Gasteiger partial charge in [-0.05, 0) is 30.5 Å². The fraction of sp³-hybridized carbons (Fsp3) is 0.333. The molecule has 2 heterocycles. The molecule has 0 aliphatic carbocycles. The zero-order valence-corrected chi connectivity index (χ0v) is 18.8. The normalized spacial score (nSPS) is 14.7. The SMILES string of the molecule is COc1ccc(-c2cn(C(=O)N(C)C3CCN(Cc4ccccc4)CC3)cn2)cc1[N+](=O)[O-]. The number of imidazole rings is 1. The number of ether oxygens (including phenoxy) is 1. The second kappa shape index (κ2) is 9.83. The van der Waals surface area contributed by atoms with Crippen LogP contribution in [0.2, 0.25) is 0 Å². The minimum atomic E-state index is -0.498. The van der Waals surface area contributed by atoms with Gasteiger partial charge in [0.15, 0.2) is 5.75 Å². The first-order chi connectivity index (χ1) is 16.0. The summed E-state index contributed by atoms with van der Waals surface area (Å²) < 4.78 is 6.48. The number of likely N-dealkylation sites (tertiary alicyclic amines) is 1. The molecule has 0 unspecified atom stereocenters. The molecule has 2 aromatic carbocycles. The minimum absolute atomic E-state index is 0.143. The van der Waals surface area contributed by atoms with Crippen molar-refractivity contribution in [2.45, 2.75) is 25.4 Å². The second-order valence-electron chi connectivity index (χ2n) is 8.20. The van der Waals surface area contributed by atoms with E-state index in [4.69, 9.17) is 4.74 Å². The van der Waals surface area contributed by atoms with Crippen LogP contribution in [0, 0.1) is 10.1 Å². The van der Waals surface area contributed by atoms with E-state index in [-0.39, 0.29) is 23.5 Å². The first-order valence-electron chi connectivity index (χ1n) is 10.9. The molecular weight excluding hydrogens is 422 g/mol.